The van der Waals surface area contributed by atoms with E-state index in [4.69, 9.17) is 4.98 Å². The number of thiazole rings is 1. The van der Waals surface area contributed by atoms with Crippen LogP contribution in [0.5, 0.6) is 0 Å². The molecule has 1 heterocycles. The zero-order valence-electron chi connectivity index (χ0n) is 13.9. The number of aliphatic hydroxyl groups is 1. The first-order chi connectivity index (χ1) is 9.11. The molecule has 1 aromatic rings. The topological polar surface area (TPSA) is 45.2 Å². The van der Waals surface area contributed by atoms with Gasteiger partial charge in [-0.2, -0.15) is 0 Å². The minimum atomic E-state index is -0.271. The molecule has 2 unspecified atom stereocenters. The number of aryl methyl sites for hydroxylation is 1. The summed E-state index contributed by atoms with van der Waals surface area (Å²) in [5.41, 5.74) is 1.21. The standard InChI is InChI=1S/C16H30N2OS/c1-10(2)8-13(19)9-17-11(3)14-12(4)18-15(20-14)16(5,6)7/h10-11,13,17,19H,8-9H2,1-7H3. The van der Waals surface area contributed by atoms with E-state index in [1.807, 2.05) is 0 Å². The summed E-state index contributed by atoms with van der Waals surface area (Å²) in [6.07, 6.45) is 0.571. The monoisotopic (exact) mass is 298 g/mol. The van der Waals surface area contributed by atoms with E-state index in [2.05, 4.69) is 53.8 Å². The van der Waals surface area contributed by atoms with Gasteiger partial charge >= 0.3 is 0 Å². The Balaban J connectivity index is 2.64. The van der Waals surface area contributed by atoms with Crippen molar-refractivity contribution in [3.63, 3.8) is 0 Å². The Morgan fingerprint density at radius 3 is 2.30 bits per heavy atom. The first-order valence-electron chi connectivity index (χ1n) is 7.50. The molecule has 0 aliphatic carbocycles. The summed E-state index contributed by atoms with van der Waals surface area (Å²) in [7, 11) is 0. The summed E-state index contributed by atoms with van der Waals surface area (Å²) < 4.78 is 0. The summed E-state index contributed by atoms with van der Waals surface area (Å²) in [6, 6.07) is 0.241. The van der Waals surface area contributed by atoms with Crippen LogP contribution < -0.4 is 5.32 Å². The summed E-state index contributed by atoms with van der Waals surface area (Å²) in [5, 5.41) is 14.6. The second-order valence-corrected chi connectivity index (χ2v) is 8.16. The minimum absolute atomic E-state index is 0.102. The van der Waals surface area contributed by atoms with E-state index >= 15 is 0 Å². The molecule has 1 rings (SSSR count). The summed E-state index contributed by atoms with van der Waals surface area (Å²) >= 11 is 1.78. The molecule has 0 aromatic carbocycles. The van der Waals surface area contributed by atoms with E-state index in [0.717, 1.165) is 12.1 Å². The Hall–Kier alpha value is -0.450. The number of rotatable bonds is 6. The third-order valence-corrected chi connectivity index (χ3v) is 5.04. The van der Waals surface area contributed by atoms with Crippen molar-refractivity contribution in [2.45, 2.75) is 72.4 Å². The van der Waals surface area contributed by atoms with Crippen LogP contribution in [0, 0.1) is 12.8 Å². The zero-order chi connectivity index (χ0) is 15.5. The number of hydrogen-bond donors (Lipinski definition) is 2. The second-order valence-electron chi connectivity index (χ2n) is 7.13. The molecule has 1 aromatic heterocycles. The summed E-state index contributed by atoms with van der Waals surface area (Å²) in [6.45, 7) is 15.7. The van der Waals surface area contributed by atoms with Crippen LogP contribution in [0.2, 0.25) is 0 Å². The van der Waals surface area contributed by atoms with E-state index in [1.54, 1.807) is 11.3 Å². The highest BCUT2D eigenvalue weighted by atomic mass is 32.1. The second kappa shape index (κ2) is 7.01. The highest BCUT2D eigenvalue weighted by Gasteiger charge is 2.22. The molecule has 0 saturated heterocycles. The van der Waals surface area contributed by atoms with Gasteiger partial charge in [0.05, 0.1) is 16.8 Å². The van der Waals surface area contributed by atoms with Crippen molar-refractivity contribution in [1.82, 2.24) is 10.3 Å². The fourth-order valence-electron chi connectivity index (χ4n) is 2.16. The van der Waals surface area contributed by atoms with E-state index < -0.39 is 0 Å². The molecule has 2 N–H and O–H groups in total. The number of aromatic nitrogens is 1. The predicted molar refractivity (Wildman–Crippen MR) is 87.4 cm³/mol. The van der Waals surface area contributed by atoms with Gasteiger partial charge in [-0.25, -0.2) is 4.98 Å². The first kappa shape index (κ1) is 17.6. The van der Waals surface area contributed by atoms with Gasteiger partial charge in [0.25, 0.3) is 0 Å². The molecule has 0 radical (unpaired) electrons. The van der Waals surface area contributed by atoms with Gasteiger partial charge in [0.2, 0.25) is 0 Å². The lowest BCUT2D eigenvalue weighted by molar-refractivity contribution is 0.143. The summed E-state index contributed by atoms with van der Waals surface area (Å²) in [5.74, 6) is 0.528. The molecule has 0 fully saturated rings. The maximum absolute atomic E-state index is 9.94. The zero-order valence-corrected chi connectivity index (χ0v) is 14.8. The smallest absolute Gasteiger partial charge is 0.0985 e. The van der Waals surface area contributed by atoms with Crippen LogP contribution >= 0.6 is 11.3 Å². The molecule has 3 nitrogen and oxygen atoms in total. The van der Waals surface area contributed by atoms with E-state index in [-0.39, 0.29) is 17.6 Å². The Bertz CT molecular complexity index is 421. The fraction of sp³-hybridized carbons (Fsp3) is 0.812. The Labute approximate surface area is 127 Å². The molecule has 4 heteroatoms. The summed E-state index contributed by atoms with van der Waals surface area (Å²) in [4.78, 5) is 5.98. The molecule has 0 bridgehead atoms. The average Bonchev–Trinajstić information content (AvgIpc) is 2.67. The first-order valence-corrected chi connectivity index (χ1v) is 8.32. The van der Waals surface area contributed by atoms with Crippen LogP contribution in [0.4, 0.5) is 0 Å². The van der Waals surface area contributed by atoms with Crippen LogP contribution in [-0.4, -0.2) is 22.7 Å². The lowest BCUT2D eigenvalue weighted by atomic mass is 9.98. The molecule has 2 atom stereocenters. The number of nitrogens with zero attached hydrogens (tertiary/aromatic N) is 1. The molecular formula is C16H30N2OS. The van der Waals surface area contributed by atoms with Crippen LogP contribution in [0.1, 0.15) is 69.6 Å². The molecule has 0 saturated carbocycles. The molecule has 116 valence electrons. The third-order valence-electron chi connectivity index (χ3n) is 3.27. The SMILES string of the molecule is Cc1nc(C(C)(C)C)sc1C(C)NCC(O)CC(C)C. The highest BCUT2D eigenvalue weighted by Crippen LogP contribution is 2.32. The van der Waals surface area contributed by atoms with E-state index in [0.29, 0.717) is 12.5 Å². The highest BCUT2D eigenvalue weighted by molar-refractivity contribution is 7.12. The van der Waals surface area contributed by atoms with Crippen LogP contribution in [0.15, 0.2) is 0 Å². The van der Waals surface area contributed by atoms with Crippen molar-refractivity contribution in [1.29, 1.82) is 0 Å². The number of nitrogens with one attached hydrogen (secondary N) is 1. The fourth-order valence-corrected chi connectivity index (χ4v) is 3.31. The molecule has 0 aliphatic heterocycles. The van der Waals surface area contributed by atoms with Gasteiger partial charge in [-0.1, -0.05) is 34.6 Å². The largest absolute Gasteiger partial charge is 0.392 e. The van der Waals surface area contributed by atoms with Gasteiger partial charge in [0, 0.05) is 22.9 Å². The molecule has 20 heavy (non-hydrogen) atoms. The van der Waals surface area contributed by atoms with Crippen LogP contribution in [0.25, 0.3) is 0 Å². The van der Waals surface area contributed by atoms with Crippen molar-refractivity contribution in [3.8, 4) is 0 Å². The van der Waals surface area contributed by atoms with Crippen LogP contribution in [-0.2, 0) is 5.41 Å². The van der Waals surface area contributed by atoms with Gasteiger partial charge in [0.15, 0.2) is 0 Å². The minimum Gasteiger partial charge on any atom is -0.392 e. The van der Waals surface area contributed by atoms with Crippen molar-refractivity contribution in [2.24, 2.45) is 5.92 Å². The van der Waals surface area contributed by atoms with E-state index in [9.17, 15) is 5.11 Å². The Morgan fingerprint density at radius 1 is 1.25 bits per heavy atom. The van der Waals surface area contributed by atoms with Crippen molar-refractivity contribution in [3.05, 3.63) is 15.6 Å². The van der Waals surface area contributed by atoms with E-state index in [1.165, 1.54) is 9.88 Å². The van der Waals surface area contributed by atoms with Gasteiger partial charge in [0.1, 0.15) is 0 Å². The maximum atomic E-state index is 9.94. The van der Waals surface area contributed by atoms with Crippen molar-refractivity contribution in [2.75, 3.05) is 6.54 Å². The number of hydrogen-bond acceptors (Lipinski definition) is 4. The van der Waals surface area contributed by atoms with Gasteiger partial charge in [-0.15, -0.1) is 11.3 Å². The predicted octanol–water partition coefficient (Wildman–Crippen LogP) is 3.81. The lowest BCUT2D eigenvalue weighted by Gasteiger charge is -2.18. The van der Waals surface area contributed by atoms with Crippen molar-refractivity contribution >= 4 is 11.3 Å². The van der Waals surface area contributed by atoms with Gasteiger partial charge in [-0.3, -0.25) is 0 Å². The Kier molecular flexibility index (Phi) is 6.17. The van der Waals surface area contributed by atoms with Crippen molar-refractivity contribution < 1.29 is 5.11 Å². The van der Waals surface area contributed by atoms with Gasteiger partial charge in [-0.05, 0) is 26.2 Å². The molecule has 0 spiro atoms. The van der Waals surface area contributed by atoms with Gasteiger partial charge < -0.3 is 10.4 Å². The molecular weight excluding hydrogens is 268 g/mol. The molecule has 0 amide bonds. The quantitative estimate of drug-likeness (QED) is 0.839. The number of aliphatic hydroxyl groups excluding tert-OH is 1. The lowest BCUT2D eigenvalue weighted by Crippen LogP contribution is -2.29. The maximum Gasteiger partial charge on any atom is 0.0985 e. The molecule has 0 aliphatic rings. The van der Waals surface area contributed by atoms with Crippen LogP contribution in [0.3, 0.4) is 0 Å². The average molecular weight is 298 g/mol. The Morgan fingerprint density at radius 2 is 1.85 bits per heavy atom. The normalized spacial score (nSPS) is 15.7. The third kappa shape index (κ3) is 5.15.